The number of likely N-dealkylation sites (tertiary alicyclic amines) is 1. The van der Waals surface area contributed by atoms with Crippen LogP contribution < -0.4 is 16.0 Å². The van der Waals surface area contributed by atoms with Crippen LogP contribution in [0, 0.1) is 0 Å². The van der Waals surface area contributed by atoms with E-state index in [1.807, 2.05) is 6.92 Å². The van der Waals surface area contributed by atoms with Crippen LogP contribution >= 0.6 is 0 Å². The predicted molar refractivity (Wildman–Crippen MR) is 72.8 cm³/mol. The van der Waals surface area contributed by atoms with Gasteiger partial charge in [-0.15, -0.1) is 0 Å². The molecule has 0 bridgehead atoms. The molecule has 1 aliphatic carbocycles. The molecule has 1 aliphatic heterocycles. The fraction of sp³-hybridized carbons (Fsp3) is 0.846. The van der Waals surface area contributed by atoms with Crippen molar-refractivity contribution < 1.29 is 9.59 Å². The summed E-state index contributed by atoms with van der Waals surface area (Å²) in [5.41, 5.74) is 0. The number of nitrogens with zero attached hydrogens (tertiary/aromatic N) is 1. The highest BCUT2D eigenvalue weighted by atomic mass is 16.2. The zero-order valence-corrected chi connectivity index (χ0v) is 11.7. The van der Waals surface area contributed by atoms with Gasteiger partial charge in [-0.2, -0.15) is 0 Å². The molecule has 0 aromatic rings. The third-order valence-electron chi connectivity index (χ3n) is 3.74. The van der Waals surface area contributed by atoms with Crippen LogP contribution in [0.1, 0.15) is 33.1 Å². The second-order valence-electron chi connectivity index (χ2n) is 5.45. The van der Waals surface area contributed by atoms with Crippen LogP contribution in [-0.2, 0) is 4.79 Å². The summed E-state index contributed by atoms with van der Waals surface area (Å²) in [5.74, 6) is -0.268. The predicted octanol–water partition coefficient (Wildman–Crippen LogP) is 0.0469. The number of hydrogen-bond donors (Lipinski definition) is 3. The van der Waals surface area contributed by atoms with E-state index in [4.69, 9.17) is 0 Å². The molecule has 0 aromatic carbocycles. The summed E-state index contributed by atoms with van der Waals surface area (Å²) in [4.78, 5) is 25.6. The van der Waals surface area contributed by atoms with Crippen molar-refractivity contribution in [3.63, 3.8) is 0 Å². The molecule has 1 saturated carbocycles. The molecule has 19 heavy (non-hydrogen) atoms. The first-order chi connectivity index (χ1) is 9.10. The standard InChI is InChI=1S/C13H24N4O2/c1-3-14-13(19)16-12(18)9(2)15-10-6-7-17(8-10)11-4-5-11/h9-11,15H,3-8H2,1-2H3,(H2,14,16,18,19). The number of urea groups is 1. The van der Waals surface area contributed by atoms with Crippen molar-refractivity contribution >= 4 is 11.9 Å². The summed E-state index contributed by atoms with van der Waals surface area (Å²) in [6.07, 6.45) is 3.72. The smallest absolute Gasteiger partial charge is 0.321 e. The molecule has 0 aromatic heterocycles. The van der Waals surface area contributed by atoms with Crippen molar-refractivity contribution in [1.29, 1.82) is 0 Å². The second-order valence-corrected chi connectivity index (χ2v) is 5.45. The lowest BCUT2D eigenvalue weighted by Gasteiger charge is -2.19. The number of hydrogen-bond acceptors (Lipinski definition) is 4. The molecule has 108 valence electrons. The van der Waals surface area contributed by atoms with Gasteiger partial charge in [-0.05, 0) is 33.1 Å². The van der Waals surface area contributed by atoms with Crippen LogP contribution in [0.3, 0.4) is 0 Å². The zero-order chi connectivity index (χ0) is 13.8. The van der Waals surface area contributed by atoms with Gasteiger partial charge < -0.3 is 10.6 Å². The lowest BCUT2D eigenvalue weighted by Crippen LogP contribution is -2.51. The Labute approximate surface area is 114 Å². The van der Waals surface area contributed by atoms with E-state index in [-0.39, 0.29) is 11.9 Å². The fourth-order valence-electron chi connectivity index (χ4n) is 2.55. The number of rotatable bonds is 5. The lowest BCUT2D eigenvalue weighted by molar-refractivity contribution is -0.121. The largest absolute Gasteiger partial charge is 0.338 e. The van der Waals surface area contributed by atoms with Crippen molar-refractivity contribution in [2.75, 3.05) is 19.6 Å². The van der Waals surface area contributed by atoms with Gasteiger partial charge in [0.15, 0.2) is 0 Å². The Morgan fingerprint density at radius 1 is 1.32 bits per heavy atom. The molecule has 2 atom stereocenters. The average Bonchev–Trinajstić information content (AvgIpc) is 3.10. The normalized spacial score (nSPS) is 25.1. The Morgan fingerprint density at radius 3 is 2.68 bits per heavy atom. The maximum atomic E-state index is 11.8. The lowest BCUT2D eigenvalue weighted by atomic mass is 10.2. The van der Waals surface area contributed by atoms with E-state index in [0.29, 0.717) is 12.6 Å². The molecule has 6 heteroatoms. The number of imide groups is 1. The van der Waals surface area contributed by atoms with Crippen LogP contribution in [0.2, 0.25) is 0 Å². The highest BCUT2D eigenvalue weighted by Crippen LogP contribution is 2.29. The first-order valence-electron chi connectivity index (χ1n) is 7.19. The van der Waals surface area contributed by atoms with Gasteiger partial charge in [0, 0.05) is 31.7 Å². The van der Waals surface area contributed by atoms with E-state index >= 15 is 0 Å². The van der Waals surface area contributed by atoms with Crippen molar-refractivity contribution in [1.82, 2.24) is 20.9 Å². The van der Waals surface area contributed by atoms with E-state index in [0.717, 1.165) is 25.6 Å². The maximum absolute atomic E-state index is 11.8. The van der Waals surface area contributed by atoms with Gasteiger partial charge in [0.05, 0.1) is 6.04 Å². The van der Waals surface area contributed by atoms with E-state index in [1.54, 1.807) is 6.92 Å². The molecule has 2 rings (SSSR count). The average molecular weight is 268 g/mol. The third-order valence-corrected chi connectivity index (χ3v) is 3.74. The molecule has 6 nitrogen and oxygen atoms in total. The number of carbonyl (C=O) groups excluding carboxylic acids is 2. The van der Waals surface area contributed by atoms with Gasteiger partial charge in [-0.25, -0.2) is 4.79 Å². The van der Waals surface area contributed by atoms with E-state index in [9.17, 15) is 9.59 Å². The van der Waals surface area contributed by atoms with E-state index < -0.39 is 6.03 Å². The van der Waals surface area contributed by atoms with E-state index in [1.165, 1.54) is 12.8 Å². The Morgan fingerprint density at radius 2 is 2.05 bits per heavy atom. The Bertz CT molecular complexity index is 344. The molecular weight excluding hydrogens is 244 g/mol. The van der Waals surface area contributed by atoms with E-state index in [2.05, 4.69) is 20.9 Å². The first kappa shape index (κ1) is 14.3. The van der Waals surface area contributed by atoms with Crippen LogP contribution in [0.5, 0.6) is 0 Å². The second kappa shape index (κ2) is 6.34. The molecule has 3 N–H and O–H groups in total. The number of amides is 3. The molecule has 0 radical (unpaired) electrons. The Balaban J connectivity index is 1.69. The van der Waals surface area contributed by atoms with Gasteiger partial charge in [0.2, 0.25) is 5.91 Å². The summed E-state index contributed by atoms with van der Waals surface area (Å²) in [7, 11) is 0. The van der Waals surface area contributed by atoms with Gasteiger partial charge in [-0.3, -0.25) is 15.0 Å². The highest BCUT2D eigenvalue weighted by Gasteiger charge is 2.35. The van der Waals surface area contributed by atoms with Crippen LogP contribution in [-0.4, -0.2) is 54.6 Å². The Hall–Kier alpha value is -1.14. The molecule has 2 fully saturated rings. The topological polar surface area (TPSA) is 73.5 Å². The SMILES string of the molecule is CCNC(=O)NC(=O)C(C)NC1CCN(C2CC2)C1. The summed E-state index contributed by atoms with van der Waals surface area (Å²) >= 11 is 0. The van der Waals surface area contributed by atoms with Crippen molar-refractivity contribution in [2.24, 2.45) is 0 Å². The maximum Gasteiger partial charge on any atom is 0.321 e. The molecule has 2 unspecified atom stereocenters. The first-order valence-corrected chi connectivity index (χ1v) is 7.19. The third kappa shape index (κ3) is 4.18. The zero-order valence-electron chi connectivity index (χ0n) is 11.7. The van der Waals surface area contributed by atoms with Gasteiger partial charge in [0.1, 0.15) is 0 Å². The molecule has 2 aliphatic rings. The summed E-state index contributed by atoms with van der Waals surface area (Å²) in [6, 6.07) is 0.376. The highest BCUT2D eigenvalue weighted by molar-refractivity contribution is 5.96. The van der Waals surface area contributed by atoms with Gasteiger partial charge in [0.25, 0.3) is 0 Å². The molecule has 0 spiro atoms. The number of carbonyl (C=O) groups is 2. The molecular formula is C13H24N4O2. The summed E-state index contributed by atoms with van der Waals surface area (Å²) in [6.45, 7) is 6.27. The van der Waals surface area contributed by atoms with Crippen LogP contribution in [0.25, 0.3) is 0 Å². The summed E-state index contributed by atoms with van der Waals surface area (Å²) < 4.78 is 0. The Kier molecular flexibility index (Phi) is 4.76. The van der Waals surface area contributed by atoms with Gasteiger partial charge >= 0.3 is 6.03 Å². The minimum atomic E-state index is -0.424. The van der Waals surface area contributed by atoms with Crippen molar-refractivity contribution in [2.45, 2.75) is 51.2 Å². The monoisotopic (exact) mass is 268 g/mol. The van der Waals surface area contributed by atoms with Gasteiger partial charge in [-0.1, -0.05) is 0 Å². The quantitative estimate of drug-likeness (QED) is 0.658. The minimum absolute atomic E-state index is 0.268. The minimum Gasteiger partial charge on any atom is -0.338 e. The van der Waals surface area contributed by atoms with Crippen molar-refractivity contribution in [3.05, 3.63) is 0 Å². The van der Waals surface area contributed by atoms with Crippen LogP contribution in [0.4, 0.5) is 4.79 Å². The molecule has 1 heterocycles. The molecule has 3 amide bonds. The molecule has 1 saturated heterocycles. The number of nitrogens with one attached hydrogen (secondary N) is 3. The van der Waals surface area contributed by atoms with Crippen LogP contribution in [0.15, 0.2) is 0 Å². The summed E-state index contributed by atoms with van der Waals surface area (Å²) in [5, 5.41) is 8.19. The fourth-order valence-corrected chi connectivity index (χ4v) is 2.55. The van der Waals surface area contributed by atoms with Crippen molar-refractivity contribution in [3.8, 4) is 0 Å².